The van der Waals surface area contributed by atoms with Crippen molar-refractivity contribution >= 4 is 32.3 Å². The van der Waals surface area contributed by atoms with E-state index in [1.807, 2.05) is 25.3 Å². The zero-order valence-electron chi connectivity index (χ0n) is 22.4. The first-order valence-electron chi connectivity index (χ1n) is 13.6. The van der Waals surface area contributed by atoms with E-state index in [4.69, 9.17) is 14.8 Å². The standard InChI is InChI=1S/C28H37N5O4S/c1-18-16-21(11-12-23(18)38(3,35)36)26-25-27(20-9-10-20)32-33(24-8-4-7-15-37-24)28(25)22(17-31-26)30-14-6-5-13-29-19(2)34/h11-12,16-17,20,24,30H,4-10,13-15H2,1-3H3,(H,29,34). The number of nitrogens with one attached hydrogen (secondary N) is 2. The first kappa shape index (κ1) is 26.6. The lowest BCUT2D eigenvalue weighted by Gasteiger charge is -2.24. The molecule has 1 atom stereocenters. The van der Waals surface area contributed by atoms with Crippen molar-refractivity contribution in [1.29, 1.82) is 0 Å². The number of aromatic nitrogens is 3. The minimum Gasteiger partial charge on any atom is -0.382 e. The SMILES string of the molecule is CC(=O)NCCCCNc1cnc(-c2ccc(S(C)(=O)=O)c(C)c2)c2c(C3CC3)nn(C3CCCCO3)c12. The van der Waals surface area contributed by atoms with Gasteiger partial charge in [-0.15, -0.1) is 0 Å². The number of unbranched alkanes of at least 4 members (excludes halogenated alkanes) is 1. The molecule has 3 aromatic rings. The predicted molar refractivity (Wildman–Crippen MR) is 148 cm³/mol. The largest absolute Gasteiger partial charge is 0.382 e. The molecule has 2 aliphatic rings. The Balaban J connectivity index is 1.57. The highest BCUT2D eigenvalue weighted by Gasteiger charge is 2.34. The number of carbonyl (C=O) groups is 1. The van der Waals surface area contributed by atoms with Crippen LogP contribution in [0, 0.1) is 6.92 Å². The lowest BCUT2D eigenvalue weighted by molar-refractivity contribution is -0.118. The average Bonchev–Trinajstić information content (AvgIpc) is 3.65. The number of benzene rings is 1. The van der Waals surface area contributed by atoms with Crippen LogP contribution in [-0.2, 0) is 19.4 Å². The number of hydrogen-bond acceptors (Lipinski definition) is 7. The highest BCUT2D eigenvalue weighted by atomic mass is 32.2. The number of sulfone groups is 1. The van der Waals surface area contributed by atoms with Gasteiger partial charge >= 0.3 is 0 Å². The number of fused-ring (bicyclic) bond motifs is 1. The molecule has 3 heterocycles. The average molecular weight is 540 g/mol. The van der Waals surface area contributed by atoms with Crippen molar-refractivity contribution in [2.75, 3.05) is 31.3 Å². The zero-order chi connectivity index (χ0) is 26.9. The van der Waals surface area contributed by atoms with E-state index in [9.17, 15) is 13.2 Å². The Morgan fingerprint density at radius 3 is 2.61 bits per heavy atom. The number of hydrogen-bond donors (Lipinski definition) is 2. The molecule has 2 fully saturated rings. The van der Waals surface area contributed by atoms with Gasteiger partial charge in [0.25, 0.3) is 0 Å². The minimum atomic E-state index is -3.31. The fourth-order valence-electron chi connectivity index (χ4n) is 5.26. The third-order valence-electron chi connectivity index (χ3n) is 7.29. The fraction of sp³-hybridized carbons (Fsp3) is 0.536. The van der Waals surface area contributed by atoms with E-state index in [1.165, 1.54) is 13.2 Å². The van der Waals surface area contributed by atoms with E-state index in [0.717, 1.165) is 91.6 Å². The molecule has 1 saturated heterocycles. The molecule has 1 aliphatic carbocycles. The molecule has 1 saturated carbocycles. The second kappa shape index (κ2) is 11.0. The molecule has 38 heavy (non-hydrogen) atoms. The normalized spacial score (nSPS) is 18.0. The van der Waals surface area contributed by atoms with Gasteiger partial charge in [-0.3, -0.25) is 9.78 Å². The molecule has 9 nitrogen and oxygen atoms in total. The summed E-state index contributed by atoms with van der Waals surface area (Å²) >= 11 is 0. The molecule has 1 aromatic carbocycles. The molecule has 204 valence electrons. The molecule has 0 radical (unpaired) electrons. The summed E-state index contributed by atoms with van der Waals surface area (Å²) in [5.41, 5.74) is 5.38. The van der Waals surface area contributed by atoms with E-state index in [-0.39, 0.29) is 12.1 Å². The maximum Gasteiger partial charge on any atom is 0.216 e. The van der Waals surface area contributed by atoms with E-state index < -0.39 is 9.84 Å². The zero-order valence-corrected chi connectivity index (χ0v) is 23.2. The van der Waals surface area contributed by atoms with Gasteiger partial charge in [-0.05, 0) is 69.6 Å². The van der Waals surface area contributed by atoms with Crippen LogP contribution in [0.3, 0.4) is 0 Å². The fourth-order valence-corrected chi connectivity index (χ4v) is 6.22. The number of anilines is 1. The molecule has 0 bridgehead atoms. The Bertz CT molecular complexity index is 1440. The Labute approximate surface area is 224 Å². The maximum atomic E-state index is 12.2. The Kier molecular flexibility index (Phi) is 7.72. The Morgan fingerprint density at radius 1 is 1.16 bits per heavy atom. The lowest BCUT2D eigenvalue weighted by Crippen LogP contribution is -2.21. The molecule has 10 heteroatoms. The summed E-state index contributed by atoms with van der Waals surface area (Å²) in [4.78, 5) is 16.4. The molecule has 5 rings (SSSR count). The first-order valence-corrected chi connectivity index (χ1v) is 15.5. The van der Waals surface area contributed by atoms with Crippen LogP contribution >= 0.6 is 0 Å². The van der Waals surface area contributed by atoms with Crippen LogP contribution in [0.15, 0.2) is 29.3 Å². The highest BCUT2D eigenvalue weighted by Crippen LogP contribution is 2.47. The number of rotatable bonds is 10. The van der Waals surface area contributed by atoms with Gasteiger partial charge in [0.1, 0.15) is 0 Å². The summed E-state index contributed by atoms with van der Waals surface area (Å²) in [5.74, 6) is 0.385. The quantitative estimate of drug-likeness (QED) is 0.358. The molecular formula is C28H37N5O4S. The molecule has 2 N–H and O–H groups in total. The van der Waals surface area contributed by atoms with Crippen LogP contribution in [-0.4, -0.2) is 55.0 Å². The highest BCUT2D eigenvalue weighted by molar-refractivity contribution is 7.90. The van der Waals surface area contributed by atoms with Crippen LogP contribution in [0.5, 0.6) is 0 Å². The third-order valence-corrected chi connectivity index (χ3v) is 8.54. The number of aryl methyl sites for hydroxylation is 1. The molecular weight excluding hydrogens is 502 g/mol. The Morgan fingerprint density at radius 2 is 1.95 bits per heavy atom. The summed E-state index contributed by atoms with van der Waals surface area (Å²) in [6.45, 7) is 5.49. The summed E-state index contributed by atoms with van der Waals surface area (Å²) in [7, 11) is -3.31. The van der Waals surface area contributed by atoms with E-state index in [2.05, 4.69) is 15.3 Å². The van der Waals surface area contributed by atoms with E-state index >= 15 is 0 Å². The minimum absolute atomic E-state index is 0.0109. The molecule has 0 spiro atoms. The second-order valence-corrected chi connectivity index (χ2v) is 12.5. The van der Waals surface area contributed by atoms with Crippen molar-refractivity contribution in [2.45, 2.75) is 75.8 Å². The van der Waals surface area contributed by atoms with Gasteiger partial charge in [0.05, 0.1) is 39.1 Å². The van der Waals surface area contributed by atoms with Crippen LogP contribution in [0.2, 0.25) is 0 Å². The molecule has 1 unspecified atom stereocenters. The van der Waals surface area contributed by atoms with Gasteiger partial charge < -0.3 is 15.4 Å². The van der Waals surface area contributed by atoms with Crippen molar-refractivity contribution in [3.63, 3.8) is 0 Å². The molecule has 2 aromatic heterocycles. The molecule has 1 amide bonds. The van der Waals surface area contributed by atoms with Gasteiger partial charge in [-0.1, -0.05) is 6.07 Å². The number of ether oxygens (including phenoxy) is 1. The van der Waals surface area contributed by atoms with Crippen LogP contribution in [0.1, 0.15) is 75.3 Å². The van der Waals surface area contributed by atoms with Gasteiger partial charge in [0, 0.05) is 44.4 Å². The molecule has 1 aliphatic heterocycles. The van der Waals surface area contributed by atoms with Gasteiger partial charge in [0.2, 0.25) is 5.91 Å². The smallest absolute Gasteiger partial charge is 0.216 e. The number of carbonyl (C=O) groups excluding carboxylic acids is 1. The topological polar surface area (TPSA) is 115 Å². The van der Waals surface area contributed by atoms with E-state index in [1.54, 1.807) is 6.07 Å². The van der Waals surface area contributed by atoms with Crippen molar-refractivity contribution in [3.8, 4) is 11.3 Å². The van der Waals surface area contributed by atoms with Gasteiger partial charge in [0.15, 0.2) is 16.1 Å². The van der Waals surface area contributed by atoms with Crippen molar-refractivity contribution in [2.24, 2.45) is 0 Å². The predicted octanol–water partition coefficient (Wildman–Crippen LogP) is 4.71. The lowest BCUT2D eigenvalue weighted by atomic mass is 10.0. The maximum absolute atomic E-state index is 12.2. The Hall–Kier alpha value is -2.98. The van der Waals surface area contributed by atoms with E-state index in [0.29, 0.717) is 22.9 Å². The monoisotopic (exact) mass is 539 g/mol. The van der Waals surface area contributed by atoms with Crippen molar-refractivity contribution < 1.29 is 17.9 Å². The van der Waals surface area contributed by atoms with Crippen molar-refractivity contribution in [3.05, 3.63) is 35.7 Å². The number of amides is 1. The number of pyridine rings is 1. The summed E-state index contributed by atoms with van der Waals surface area (Å²) in [6.07, 6.45) is 10.0. The second-order valence-electron chi connectivity index (χ2n) is 10.5. The summed E-state index contributed by atoms with van der Waals surface area (Å²) in [6, 6.07) is 5.45. The van der Waals surface area contributed by atoms with Crippen LogP contribution < -0.4 is 10.6 Å². The summed E-state index contributed by atoms with van der Waals surface area (Å²) < 4.78 is 32.7. The van der Waals surface area contributed by atoms with Gasteiger partial charge in [-0.25, -0.2) is 13.1 Å². The first-order chi connectivity index (χ1) is 18.2. The van der Waals surface area contributed by atoms with Crippen molar-refractivity contribution in [1.82, 2.24) is 20.1 Å². The third kappa shape index (κ3) is 5.71. The summed E-state index contributed by atoms with van der Waals surface area (Å²) in [5, 5.41) is 12.6. The number of nitrogens with zero attached hydrogens (tertiary/aromatic N) is 3. The van der Waals surface area contributed by atoms with Crippen LogP contribution in [0.4, 0.5) is 5.69 Å². The van der Waals surface area contributed by atoms with Gasteiger partial charge in [-0.2, -0.15) is 5.10 Å². The van der Waals surface area contributed by atoms with Crippen LogP contribution in [0.25, 0.3) is 22.2 Å².